The van der Waals surface area contributed by atoms with Gasteiger partial charge in [0.2, 0.25) is 5.43 Å². The van der Waals surface area contributed by atoms with Crippen LogP contribution in [0.15, 0.2) is 35.1 Å². The summed E-state index contributed by atoms with van der Waals surface area (Å²) < 4.78 is 40.8. The van der Waals surface area contributed by atoms with Crippen molar-refractivity contribution in [1.82, 2.24) is 14.7 Å². The highest BCUT2D eigenvalue weighted by Crippen LogP contribution is 2.33. The minimum Gasteiger partial charge on any atom is -0.337 e. The molecule has 0 bridgehead atoms. The van der Waals surface area contributed by atoms with Crippen LogP contribution in [0.25, 0.3) is 5.69 Å². The highest BCUT2D eigenvalue weighted by atomic mass is 19.4. The molecule has 0 aliphatic carbocycles. The largest absolute Gasteiger partial charge is 0.418 e. The summed E-state index contributed by atoms with van der Waals surface area (Å²) in [4.78, 5) is 26.1. The Balaban J connectivity index is 2.14. The SMILES string of the molecule is Cc1cc(=O)c(C(=O)N2CCCC2)nn1-c1ccccc1C(F)(F)F. The smallest absolute Gasteiger partial charge is 0.337 e. The van der Waals surface area contributed by atoms with Crippen molar-refractivity contribution in [3.8, 4) is 5.69 Å². The van der Waals surface area contributed by atoms with Gasteiger partial charge in [-0.3, -0.25) is 9.59 Å². The van der Waals surface area contributed by atoms with Crippen LogP contribution in [0.3, 0.4) is 0 Å². The number of likely N-dealkylation sites (tertiary alicyclic amines) is 1. The highest BCUT2D eigenvalue weighted by Gasteiger charge is 2.34. The van der Waals surface area contributed by atoms with E-state index in [1.807, 2.05) is 0 Å². The number of alkyl halides is 3. The molecule has 5 nitrogen and oxygen atoms in total. The molecule has 0 radical (unpaired) electrons. The predicted molar refractivity (Wildman–Crippen MR) is 84.7 cm³/mol. The molecule has 0 spiro atoms. The Morgan fingerprint density at radius 3 is 2.44 bits per heavy atom. The molecular weight excluding hydrogens is 335 g/mol. The van der Waals surface area contributed by atoms with Crippen LogP contribution < -0.4 is 5.43 Å². The molecule has 2 aromatic rings. The van der Waals surface area contributed by atoms with Crippen molar-refractivity contribution < 1.29 is 18.0 Å². The highest BCUT2D eigenvalue weighted by molar-refractivity contribution is 5.92. The molecule has 0 unspecified atom stereocenters. The zero-order chi connectivity index (χ0) is 18.2. The van der Waals surface area contributed by atoms with Gasteiger partial charge in [0, 0.05) is 24.8 Å². The van der Waals surface area contributed by atoms with Crippen molar-refractivity contribution in [2.24, 2.45) is 0 Å². The van der Waals surface area contributed by atoms with Crippen molar-refractivity contribution in [2.75, 3.05) is 13.1 Å². The lowest BCUT2D eigenvalue weighted by atomic mass is 10.1. The number of hydrogen-bond donors (Lipinski definition) is 0. The lowest BCUT2D eigenvalue weighted by Gasteiger charge is -2.18. The van der Waals surface area contributed by atoms with E-state index in [0.717, 1.165) is 29.7 Å². The number of aryl methyl sites for hydroxylation is 1. The maximum atomic E-state index is 13.3. The predicted octanol–water partition coefficient (Wildman–Crippen LogP) is 2.80. The molecule has 2 heterocycles. The van der Waals surface area contributed by atoms with E-state index in [4.69, 9.17) is 0 Å². The first-order valence-corrected chi connectivity index (χ1v) is 7.86. The molecule has 1 aliphatic rings. The van der Waals surface area contributed by atoms with E-state index in [1.165, 1.54) is 30.0 Å². The number of halogens is 3. The van der Waals surface area contributed by atoms with E-state index < -0.39 is 23.1 Å². The number of hydrogen-bond acceptors (Lipinski definition) is 3. The minimum absolute atomic E-state index is 0.219. The number of rotatable bonds is 2. The third kappa shape index (κ3) is 3.29. The third-order valence-corrected chi connectivity index (χ3v) is 4.14. The Morgan fingerprint density at radius 1 is 1.16 bits per heavy atom. The summed E-state index contributed by atoms with van der Waals surface area (Å²) in [5.74, 6) is -0.541. The standard InChI is InChI=1S/C17H16F3N3O2/c1-11-10-14(24)15(16(25)22-8-4-5-9-22)21-23(11)13-7-3-2-6-12(13)17(18,19)20/h2-3,6-7,10H,4-5,8-9H2,1H3. The number of nitrogens with zero attached hydrogens (tertiary/aromatic N) is 3. The fourth-order valence-electron chi connectivity index (χ4n) is 2.91. The van der Waals surface area contributed by atoms with Gasteiger partial charge in [0.1, 0.15) is 0 Å². The molecule has 132 valence electrons. The van der Waals surface area contributed by atoms with Gasteiger partial charge in [-0.25, -0.2) is 4.68 Å². The van der Waals surface area contributed by atoms with Gasteiger partial charge in [-0.1, -0.05) is 12.1 Å². The first-order chi connectivity index (χ1) is 11.8. The third-order valence-electron chi connectivity index (χ3n) is 4.14. The van der Waals surface area contributed by atoms with Crippen LogP contribution in [0.5, 0.6) is 0 Å². The summed E-state index contributed by atoms with van der Waals surface area (Å²) in [5, 5.41) is 3.97. The lowest BCUT2D eigenvalue weighted by molar-refractivity contribution is -0.137. The van der Waals surface area contributed by atoms with E-state index >= 15 is 0 Å². The second-order valence-electron chi connectivity index (χ2n) is 5.92. The lowest BCUT2D eigenvalue weighted by Crippen LogP contribution is -2.34. The zero-order valence-corrected chi connectivity index (χ0v) is 13.5. The van der Waals surface area contributed by atoms with E-state index in [9.17, 15) is 22.8 Å². The molecule has 0 saturated carbocycles. The minimum atomic E-state index is -4.58. The topological polar surface area (TPSA) is 55.2 Å². The van der Waals surface area contributed by atoms with Crippen LogP contribution in [-0.2, 0) is 6.18 Å². The summed E-state index contributed by atoms with van der Waals surface area (Å²) in [5.41, 5.74) is -1.82. The fourth-order valence-corrected chi connectivity index (χ4v) is 2.91. The molecule has 1 aromatic carbocycles. The van der Waals surface area contributed by atoms with Gasteiger partial charge in [-0.15, -0.1) is 0 Å². The van der Waals surface area contributed by atoms with Gasteiger partial charge < -0.3 is 4.90 Å². The number of para-hydroxylation sites is 1. The van der Waals surface area contributed by atoms with Crippen LogP contribution in [0.2, 0.25) is 0 Å². The van der Waals surface area contributed by atoms with E-state index in [0.29, 0.717) is 13.1 Å². The van der Waals surface area contributed by atoms with Crippen molar-refractivity contribution in [1.29, 1.82) is 0 Å². The molecular formula is C17H16F3N3O2. The molecule has 3 rings (SSSR count). The first kappa shape index (κ1) is 17.2. The van der Waals surface area contributed by atoms with Gasteiger partial charge in [0.05, 0.1) is 11.3 Å². The van der Waals surface area contributed by atoms with E-state index in [1.54, 1.807) is 0 Å². The Hall–Kier alpha value is -2.64. The average molecular weight is 351 g/mol. The molecule has 1 aromatic heterocycles. The van der Waals surface area contributed by atoms with Crippen LogP contribution in [-0.4, -0.2) is 33.7 Å². The molecule has 1 aliphatic heterocycles. The Labute approximate surface area is 141 Å². The second kappa shape index (κ2) is 6.34. The molecule has 1 saturated heterocycles. The van der Waals surface area contributed by atoms with Crippen LogP contribution in [0.4, 0.5) is 13.2 Å². The van der Waals surface area contributed by atoms with Gasteiger partial charge in [-0.2, -0.15) is 18.3 Å². The summed E-state index contributed by atoms with van der Waals surface area (Å²) in [6.45, 7) is 2.52. The number of aromatic nitrogens is 2. The Bertz CT molecular complexity index is 868. The molecule has 0 N–H and O–H groups in total. The molecule has 0 atom stereocenters. The van der Waals surface area contributed by atoms with Crippen molar-refractivity contribution in [3.63, 3.8) is 0 Å². The van der Waals surface area contributed by atoms with Crippen LogP contribution >= 0.6 is 0 Å². The molecule has 8 heteroatoms. The van der Waals surface area contributed by atoms with Crippen LogP contribution in [0.1, 0.15) is 34.6 Å². The number of amides is 1. The number of carbonyl (C=O) groups is 1. The van der Waals surface area contributed by atoms with Gasteiger partial charge in [-0.05, 0) is 31.9 Å². The van der Waals surface area contributed by atoms with Crippen molar-refractivity contribution in [3.05, 3.63) is 57.5 Å². The monoisotopic (exact) mass is 351 g/mol. The van der Waals surface area contributed by atoms with Gasteiger partial charge >= 0.3 is 6.18 Å². The maximum Gasteiger partial charge on any atom is 0.418 e. The second-order valence-corrected chi connectivity index (χ2v) is 5.92. The van der Waals surface area contributed by atoms with Crippen LogP contribution in [0, 0.1) is 6.92 Å². The van der Waals surface area contributed by atoms with Gasteiger partial charge in [0.25, 0.3) is 5.91 Å². The molecule has 1 amide bonds. The zero-order valence-electron chi connectivity index (χ0n) is 13.5. The quantitative estimate of drug-likeness (QED) is 0.836. The van der Waals surface area contributed by atoms with E-state index in [2.05, 4.69) is 5.10 Å². The number of benzene rings is 1. The summed E-state index contributed by atoms with van der Waals surface area (Å²) >= 11 is 0. The summed E-state index contributed by atoms with van der Waals surface area (Å²) in [6, 6.07) is 6.07. The summed E-state index contributed by atoms with van der Waals surface area (Å²) in [7, 11) is 0. The number of carbonyl (C=O) groups excluding carboxylic acids is 1. The van der Waals surface area contributed by atoms with Crippen molar-refractivity contribution >= 4 is 5.91 Å². The molecule has 25 heavy (non-hydrogen) atoms. The first-order valence-electron chi connectivity index (χ1n) is 7.86. The Morgan fingerprint density at radius 2 is 1.80 bits per heavy atom. The van der Waals surface area contributed by atoms with Gasteiger partial charge in [0.15, 0.2) is 5.69 Å². The van der Waals surface area contributed by atoms with E-state index in [-0.39, 0.29) is 17.1 Å². The normalized spacial score (nSPS) is 14.8. The summed E-state index contributed by atoms with van der Waals surface area (Å²) in [6.07, 6.45) is -2.90. The fraction of sp³-hybridized carbons (Fsp3) is 0.353. The molecule has 1 fully saturated rings. The van der Waals surface area contributed by atoms with Crippen molar-refractivity contribution in [2.45, 2.75) is 25.9 Å². The Kier molecular flexibility index (Phi) is 4.36. The maximum absolute atomic E-state index is 13.3. The average Bonchev–Trinajstić information content (AvgIpc) is 3.08.